The molecular formula is C25H16F. The Kier molecular flexibility index (Phi) is 3.29. The van der Waals surface area contributed by atoms with Gasteiger partial charge in [0.15, 0.2) is 0 Å². The molecule has 0 nitrogen and oxygen atoms in total. The Morgan fingerprint density at radius 2 is 1.23 bits per heavy atom. The molecule has 1 aliphatic rings. The molecule has 1 aliphatic carbocycles. The lowest BCUT2D eigenvalue weighted by Gasteiger charge is -2.33. The van der Waals surface area contributed by atoms with Crippen molar-refractivity contribution in [2.75, 3.05) is 0 Å². The van der Waals surface area contributed by atoms with Gasteiger partial charge in [-0.3, -0.25) is 0 Å². The molecule has 0 saturated heterocycles. The van der Waals surface area contributed by atoms with Gasteiger partial charge < -0.3 is 0 Å². The second kappa shape index (κ2) is 5.67. The molecule has 123 valence electrons. The van der Waals surface area contributed by atoms with Gasteiger partial charge in [0, 0.05) is 0 Å². The van der Waals surface area contributed by atoms with E-state index < -0.39 is 5.41 Å². The molecule has 4 aromatic carbocycles. The second-order valence-electron chi connectivity index (χ2n) is 6.64. The SMILES string of the molecule is Fc1cccc(C2(c3cc[c]cc3)c3ccccc3-c3ccccc32)c1. The third-order valence-corrected chi connectivity index (χ3v) is 5.36. The number of benzene rings is 4. The Balaban J connectivity index is 1.98. The molecule has 0 spiro atoms. The number of fused-ring (bicyclic) bond motifs is 3. The van der Waals surface area contributed by atoms with Crippen molar-refractivity contribution in [3.8, 4) is 11.1 Å². The Hall–Kier alpha value is -3.19. The van der Waals surface area contributed by atoms with E-state index in [2.05, 4.69) is 66.7 Å². The molecule has 0 N–H and O–H groups in total. The summed E-state index contributed by atoms with van der Waals surface area (Å²) in [5, 5.41) is 0. The minimum absolute atomic E-state index is 0.216. The van der Waals surface area contributed by atoms with Crippen LogP contribution in [0.1, 0.15) is 22.3 Å². The molecule has 26 heavy (non-hydrogen) atoms. The fraction of sp³-hybridized carbons (Fsp3) is 0.0400. The molecule has 0 amide bonds. The summed E-state index contributed by atoms with van der Waals surface area (Å²) < 4.78 is 14.3. The summed E-state index contributed by atoms with van der Waals surface area (Å²) >= 11 is 0. The van der Waals surface area contributed by atoms with E-state index in [1.165, 1.54) is 28.3 Å². The molecular weight excluding hydrogens is 319 g/mol. The number of hydrogen-bond acceptors (Lipinski definition) is 0. The van der Waals surface area contributed by atoms with Gasteiger partial charge in [0.05, 0.1) is 5.41 Å². The summed E-state index contributed by atoms with van der Waals surface area (Å²) in [7, 11) is 0. The Bertz CT molecular complexity index is 1050. The van der Waals surface area contributed by atoms with Crippen LogP contribution in [0, 0.1) is 11.9 Å². The molecule has 4 aromatic rings. The maximum atomic E-state index is 14.3. The van der Waals surface area contributed by atoms with Crippen LogP contribution in [0.3, 0.4) is 0 Å². The van der Waals surface area contributed by atoms with E-state index in [4.69, 9.17) is 0 Å². The Labute approximate surface area is 152 Å². The molecule has 0 atom stereocenters. The third kappa shape index (κ3) is 1.94. The van der Waals surface area contributed by atoms with Crippen LogP contribution in [0.2, 0.25) is 0 Å². The standard InChI is InChI=1S/C25H16F/c26-20-12-8-11-19(17-20)25(18-9-2-1-3-10-18)23-15-6-4-13-21(23)22-14-5-7-16-24(22)25/h2-17H. The van der Waals surface area contributed by atoms with Crippen molar-refractivity contribution >= 4 is 0 Å². The average molecular weight is 335 g/mol. The summed E-state index contributed by atoms with van der Waals surface area (Å²) in [6, 6.07) is 35.0. The van der Waals surface area contributed by atoms with Crippen LogP contribution in [0.4, 0.5) is 4.39 Å². The monoisotopic (exact) mass is 335 g/mol. The summed E-state index contributed by atoms with van der Waals surface area (Å²) in [6.45, 7) is 0. The number of hydrogen-bond donors (Lipinski definition) is 0. The molecule has 0 fully saturated rings. The van der Waals surface area contributed by atoms with Crippen molar-refractivity contribution in [2.45, 2.75) is 5.41 Å². The van der Waals surface area contributed by atoms with Gasteiger partial charge >= 0.3 is 0 Å². The fourth-order valence-electron chi connectivity index (χ4n) is 4.38. The molecule has 5 rings (SSSR count). The van der Waals surface area contributed by atoms with E-state index in [-0.39, 0.29) is 5.82 Å². The van der Waals surface area contributed by atoms with Crippen LogP contribution in [0.5, 0.6) is 0 Å². The van der Waals surface area contributed by atoms with Crippen molar-refractivity contribution in [3.05, 3.63) is 131 Å². The van der Waals surface area contributed by atoms with Crippen LogP contribution in [0.25, 0.3) is 11.1 Å². The van der Waals surface area contributed by atoms with Gasteiger partial charge in [-0.25, -0.2) is 4.39 Å². The van der Waals surface area contributed by atoms with Crippen molar-refractivity contribution in [1.82, 2.24) is 0 Å². The van der Waals surface area contributed by atoms with Crippen molar-refractivity contribution in [1.29, 1.82) is 0 Å². The Morgan fingerprint density at radius 3 is 1.85 bits per heavy atom. The molecule has 0 bridgehead atoms. The quantitative estimate of drug-likeness (QED) is 0.372. The van der Waals surface area contributed by atoms with Crippen molar-refractivity contribution in [3.63, 3.8) is 0 Å². The first-order valence-electron chi connectivity index (χ1n) is 8.74. The highest BCUT2D eigenvalue weighted by Crippen LogP contribution is 2.55. The van der Waals surface area contributed by atoms with E-state index in [0.29, 0.717) is 0 Å². The molecule has 0 aromatic heterocycles. The number of halogens is 1. The molecule has 1 radical (unpaired) electrons. The smallest absolute Gasteiger partial charge is 0.123 e. The molecule has 0 aliphatic heterocycles. The molecule has 1 heteroatoms. The topological polar surface area (TPSA) is 0 Å². The Morgan fingerprint density at radius 1 is 0.615 bits per heavy atom. The van der Waals surface area contributed by atoms with Gasteiger partial charge in [-0.15, -0.1) is 0 Å². The largest absolute Gasteiger partial charge is 0.207 e. The maximum Gasteiger partial charge on any atom is 0.123 e. The van der Waals surface area contributed by atoms with Crippen molar-refractivity contribution in [2.24, 2.45) is 0 Å². The van der Waals surface area contributed by atoms with Gasteiger partial charge in [0.2, 0.25) is 0 Å². The second-order valence-corrected chi connectivity index (χ2v) is 6.64. The van der Waals surface area contributed by atoms with Crippen LogP contribution in [-0.2, 0) is 5.41 Å². The maximum absolute atomic E-state index is 14.3. The molecule has 0 heterocycles. The fourth-order valence-corrected chi connectivity index (χ4v) is 4.38. The predicted octanol–water partition coefficient (Wildman–Crippen LogP) is 5.99. The summed E-state index contributed by atoms with van der Waals surface area (Å²) in [5.74, 6) is -0.216. The van der Waals surface area contributed by atoms with Crippen molar-refractivity contribution < 1.29 is 4.39 Å². The van der Waals surface area contributed by atoms with E-state index in [1.807, 2.05) is 18.2 Å². The highest BCUT2D eigenvalue weighted by atomic mass is 19.1. The molecule has 0 saturated carbocycles. The van der Waals surface area contributed by atoms with Gasteiger partial charge in [-0.2, -0.15) is 0 Å². The zero-order valence-electron chi connectivity index (χ0n) is 14.1. The zero-order chi connectivity index (χ0) is 17.6. The summed E-state index contributed by atoms with van der Waals surface area (Å²) in [4.78, 5) is 0. The minimum atomic E-state index is -0.523. The first kappa shape index (κ1) is 15.1. The van der Waals surface area contributed by atoms with Crippen LogP contribution >= 0.6 is 0 Å². The minimum Gasteiger partial charge on any atom is -0.207 e. The van der Waals surface area contributed by atoms with Gasteiger partial charge in [0.25, 0.3) is 0 Å². The van der Waals surface area contributed by atoms with E-state index in [0.717, 1.165) is 11.1 Å². The highest BCUT2D eigenvalue weighted by molar-refractivity contribution is 5.86. The number of rotatable bonds is 2. The average Bonchev–Trinajstić information content (AvgIpc) is 3.00. The third-order valence-electron chi connectivity index (χ3n) is 5.36. The van der Waals surface area contributed by atoms with E-state index in [1.54, 1.807) is 12.1 Å². The molecule has 0 unspecified atom stereocenters. The first-order valence-corrected chi connectivity index (χ1v) is 8.74. The zero-order valence-corrected chi connectivity index (χ0v) is 14.1. The summed E-state index contributed by atoms with van der Waals surface area (Å²) in [5.41, 5.74) is 6.35. The van der Waals surface area contributed by atoms with Crippen LogP contribution in [-0.4, -0.2) is 0 Å². The lowest BCUT2D eigenvalue weighted by Crippen LogP contribution is -2.28. The van der Waals surface area contributed by atoms with Crippen LogP contribution < -0.4 is 0 Å². The van der Waals surface area contributed by atoms with Gasteiger partial charge in [-0.1, -0.05) is 84.9 Å². The predicted molar refractivity (Wildman–Crippen MR) is 103 cm³/mol. The van der Waals surface area contributed by atoms with Crippen LogP contribution in [0.15, 0.2) is 97.1 Å². The first-order chi connectivity index (χ1) is 12.8. The lowest BCUT2D eigenvalue weighted by atomic mass is 9.68. The normalized spacial score (nSPS) is 13.9. The van der Waals surface area contributed by atoms with Gasteiger partial charge in [0.1, 0.15) is 5.82 Å². The van der Waals surface area contributed by atoms with E-state index >= 15 is 0 Å². The summed E-state index contributed by atoms with van der Waals surface area (Å²) in [6.07, 6.45) is 0. The lowest BCUT2D eigenvalue weighted by molar-refractivity contribution is 0.620. The highest BCUT2D eigenvalue weighted by Gasteiger charge is 2.45. The van der Waals surface area contributed by atoms with E-state index in [9.17, 15) is 4.39 Å². The van der Waals surface area contributed by atoms with Gasteiger partial charge in [-0.05, 0) is 51.6 Å².